The Labute approximate surface area is 96.9 Å². The quantitative estimate of drug-likeness (QED) is 0.785. The van der Waals surface area contributed by atoms with Crippen molar-refractivity contribution in [3.8, 4) is 0 Å². The van der Waals surface area contributed by atoms with Crippen LogP contribution in [0.15, 0.2) is 4.99 Å². The monoisotopic (exact) mass is 223 g/mol. The van der Waals surface area contributed by atoms with Crippen LogP contribution in [0.1, 0.15) is 46.0 Å². The predicted molar refractivity (Wildman–Crippen MR) is 64.0 cm³/mol. The van der Waals surface area contributed by atoms with Crippen LogP contribution in [0.25, 0.3) is 0 Å². The lowest BCUT2D eigenvalue weighted by Gasteiger charge is -2.36. The second-order valence-electron chi connectivity index (χ2n) is 5.03. The number of guanidine groups is 1. The van der Waals surface area contributed by atoms with Crippen LogP contribution in [-0.4, -0.2) is 28.9 Å². The third kappa shape index (κ3) is 2.06. The number of hydrogen-bond donors (Lipinski definition) is 1. The molecule has 0 saturated heterocycles. The molecule has 16 heavy (non-hydrogen) atoms. The molecule has 1 amide bonds. The molecule has 1 saturated carbocycles. The van der Waals surface area contributed by atoms with Gasteiger partial charge in [0.2, 0.25) is 5.91 Å². The van der Waals surface area contributed by atoms with Crippen molar-refractivity contribution >= 4 is 11.9 Å². The number of carbonyl (C=O) groups is 1. The maximum atomic E-state index is 12.1. The minimum Gasteiger partial charge on any atom is -0.369 e. The van der Waals surface area contributed by atoms with Crippen molar-refractivity contribution in [1.29, 1.82) is 0 Å². The molecule has 2 aliphatic rings. The van der Waals surface area contributed by atoms with Gasteiger partial charge in [-0.05, 0) is 31.6 Å². The Morgan fingerprint density at radius 1 is 1.44 bits per heavy atom. The minimum absolute atomic E-state index is 0.156. The highest BCUT2D eigenvalue weighted by Crippen LogP contribution is 2.33. The fraction of sp³-hybridized carbons (Fsp3) is 0.833. The summed E-state index contributed by atoms with van der Waals surface area (Å²) >= 11 is 0. The van der Waals surface area contributed by atoms with Gasteiger partial charge in [0, 0.05) is 6.54 Å². The first-order valence-corrected chi connectivity index (χ1v) is 6.26. The molecule has 2 rings (SSSR count). The molecule has 0 bridgehead atoms. The zero-order valence-electron chi connectivity index (χ0n) is 10.2. The van der Waals surface area contributed by atoms with Crippen LogP contribution in [0.3, 0.4) is 0 Å². The Bertz CT molecular complexity index is 316. The van der Waals surface area contributed by atoms with Gasteiger partial charge in [-0.25, -0.2) is 4.99 Å². The molecular weight excluding hydrogens is 202 g/mol. The molecule has 0 spiro atoms. The fourth-order valence-corrected chi connectivity index (χ4v) is 2.26. The van der Waals surface area contributed by atoms with Crippen molar-refractivity contribution in [2.24, 2.45) is 16.6 Å². The van der Waals surface area contributed by atoms with E-state index in [4.69, 9.17) is 5.73 Å². The van der Waals surface area contributed by atoms with E-state index in [0.717, 1.165) is 19.4 Å². The van der Waals surface area contributed by atoms with Crippen LogP contribution in [0.2, 0.25) is 0 Å². The number of amides is 1. The predicted octanol–water partition coefficient (Wildman–Crippen LogP) is 1.50. The maximum absolute atomic E-state index is 12.1. The molecule has 0 radical (unpaired) electrons. The first kappa shape index (κ1) is 11.4. The van der Waals surface area contributed by atoms with E-state index in [9.17, 15) is 4.79 Å². The molecule has 0 aromatic heterocycles. The third-order valence-electron chi connectivity index (χ3n) is 3.86. The van der Waals surface area contributed by atoms with Crippen LogP contribution in [0.5, 0.6) is 0 Å². The van der Waals surface area contributed by atoms with E-state index < -0.39 is 0 Å². The highest BCUT2D eigenvalue weighted by molar-refractivity contribution is 5.99. The van der Waals surface area contributed by atoms with Crippen LogP contribution >= 0.6 is 0 Å². The van der Waals surface area contributed by atoms with Gasteiger partial charge < -0.3 is 5.73 Å². The number of nitrogens with zero attached hydrogens (tertiary/aromatic N) is 2. The van der Waals surface area contributed by atoms with E-state index in [-0.39, 0.29) is 11.4 Å². The Morgan fingerprint density at radius 2 is 2.06 bits per heavy atom. The molecule has 0 aromatic rings. The largest absolute Gasteiger partial charge is 0.369 e. The molecule has 4 nitrogen and oxygen atoms in total. The zero-order chi connectivity index (χ0) is 11.8. The van der Waals surface area contributed by atoms with Crippen molar-refractivity contribution in [2.45, 2.75) is 51.5 Å². The highest BCUT2D eigenvalue weighted by Gasteiger charge is 2.38. The molecular formula is C12H21N3O. The highest BCUT2D eigenvalue weighted by atomic mass is 16.2. The van der Waals surface area contributed by atoms with Gasteiger partial charge in [0.15, 0.2) is 5.96 Å². The van der Waals surface area contributed by atoms with Gasteiger partial charge in [-0.1, -0.05) is 13.8 Å². The second-order valence-corrected chi connectivity index (χ2v) is 5.03. The van der Waals surface area contributed by atoms with Crippen molar-refractivity contribution < 1.29 is 4.79 Å². The Hall–Kier alpha value is -1.06. The number of hydrogen-bond acceptors (Lipinski definition) is 3. The van der Waals surface area contributed by atoms with E-state index in [0.29, 0.717) is 18.3 Å². The van der Waals surface area contributed by atoms with Gasteiger partial charge in [-0.2, -0.15) is 0 Å². The summed E-state index contributed by atoms with van der Waals surface area (Å²) in [7, 11) is 0. The van der Waals surface area contributed by atoms with Crippen molar-refractivity contribution in [1.82, 2.24) is 4.90 Å². The maximum Gasteiger partial charge on any atom is 0.231 e. The van der Waals surface area contributed by atoms with E-state index in [1.165, 1.54) is 12.8 Å². The lowest BCUT2D eigenvalue weighted by Crippen LogP contribution is -2.51. The molecule has 1 fully saturated rings. The summed E-state index contributed by atoms with van der Waals surface area (Å²) in [4.78, 5) is 18.3. The molecule has 1 aliphatic heterocycles. The average molecular weight is 223 g/mol. The lowest BCUT2D eigenvalue weighted by molar-refractivity contribution is -0.129. The molecule has 2 N–H and O–H groups in total. The van der Waals surface area contributed by atoms with Gasteiger partial charge in [-0.3, -0.25) is 9.69 Å². The van der Waals surface area contributed by atoms with Gasteiger partial charge >= 0.3 is 0 Å². The standard InChI is InChI=1S/C12H21N3O/c1-3-12(4-2)7-10(16)15(11(13)14-12)8-9-5-6-9/h9H,3-8H2,1-2H3,(H2,13,14). The number of rotatable bonds is 4. The molecule has 0 atom stereocenters. The number of aliphatic imine (C=N–C) groups is 1. The molecule has 0 unspecified atom stereocenters. The van der Waals surface area contributed by atoms with E-state index in [1.807, 2.05) is 0 Å². The Balaban J connectivity index is 2.15. The normalized spacial score (nSPS) is 24.5. The summed E-state index contributed by atoms with van der Waals surface area (Å²) in [6.45, 7) is 4.92. The molecule has 0 aromatic carbocycles. The van der Waals surface area contributed by atoms with Crippen molar-refractivity contribution in [2.75, 3.05) is 6.54 Å². The summed E-state index contributed by atoms with van der Waals surface area (Å²) in [6, 6.07) is 0. The van der Waals surface area contributed by atoms with Gasteiger partial charge in [-0.15, -0.1) is 0 Å². The van der Waals surface area contributed by atoms with Crippen LogP contribution < -0.4 is 5.73 Å². The van der Waals surface area contributed by atoms with Gasteiger partial charge in [0.05, 0.1) is 12.0 Å². The molecule has 1 aliphatic carbocycles. The smallest absolute Gasteiger partial charge is 0.231 e. The third-order valence-corrected chi connectivity index (χ3v) is 3.86. The average Bonchev–Trinajstić information content (AvgIpc) is 3.07. The summed E-state index contributed by atoms with van der Waals surface area (Å²) < 4.78 is 0. The number of nitrogens with two attached hydrogens (primary N) is 1. The molecule has 90 valence electrons. The Kier molecular flexibility index (Phi) is 2.91. The SMILES string of the molecule is CCC1(CC)CC(=O)N(CC2CC2)C(N)=N1. The van der Waals surface area contributed by atoms with E-state index in [1.54, 1.807) is 4.90 Å². The summed E-state index contributed by atoms with van der Waals surface area (Å²) in [5, 5.41) is 0. The van der Waals surface area contributed by atoms with E-state index in [2.05, 4.69) is 18.8 Å². The second kappa shape index (κ2) is 4.07. The summed E-state index contributed by atoms with van der Waals surface area (Å²) in [5.41, 5.74) is 5.69. The van der Waals surface area contributed by atoms with E-state index >= 15 is 0 Å². The van der Waals surface area contributed by atoms with Gasteiger partial charge in [0.1, 0.15) is 0 Å². The van der Waals surface area contributed by atoms with Crippen molar-refractivity contribution in [3.05, 3.63) is 0 Å². The number of carbonyl (C=O) groups excluding carboxylic acids is 1. The lowest BCUT2D eigenvalue weighted by atomic mass is 9.88. The van der Waals surface area contributed by atoms with Crippen LogP contribution in [0, 0.1) is 5.92 Å². The van der Waals surface area contributed by atoms with Crippen LogP contribution in [0.4, 0.5) is 0 Å². The van der Waals surface area contributed by atoms with Crippen LogP contribution in [-0.2, 0) is 4.79 Å². The molecule has 1 heterocycles. The zero-order valence-corrected chi connectivity index (χ0v) is 10.2. The van der Waals surface area contributed by atoms with Crippen molar-refractivity contribution in [3.63, 3.8) is 0 Å². The first-order chi connectivity index (χ1) is 7.60. The Morgan fingerprint density at radius 3 is 2.50 bits per heavy atom. The fourth-order valence-electron chi connectivity index (χ4n) is 2.26. The minimum atomic E-state index is -0.235. The molecule has 4 heteroatoms. The topological polar surface area (TPSA) is 58.7 Å². The summed E-state index contributed by atoms with van der Waals surface area (Å²) in [5.74, 6) is 1.25. The first-order valence-electron chi connectivity index (χ1n) is 6.26. The van der Waals surface area contributed by atoms with Gasteiger partial charge in [0.25, 0.3) is 0 Å². The summed E-state index contributed by atoms with van der Waals surface area (Å²) in [6.07, 6.45) is 4.74.